The summed E-state index contributed by atoms with van der Waals surface area (Å²) in [5.74, 6) is 0.463. The molecule has 3 heterocycles. The minimum absolute atomic E-state index is 0.199. The van der Waals surface area contributed by atoms with Gasteiger partial charge in [-0.05, 0) is 18.4 Å². The number of rotatable bonds is 2. The normalized spacial score (nSPS) is 15.6. The zero-order chi connectivity index (χ0) is 17.4. The van der Waals surface area contributed by atoms with E-state index in [2.05, 4.69) is 20.7 Å². The molecular weight excluding hydrogens is 318 g/mol. The minimum Gasteiger partial charge on any atom is -0.465 e. The van der Waals surface area contributed by atoms with Gasteiger partial charge >= 0.3 is 6.09 Å². The minimum atomic E-state index is -0.854. The van der Waals surface area contributed by atoms with Crippen molar-refractivity contribution in [3.05, 3.63) is 42.9 Å². The van der Waals surface area contributed by atoms with Crippen molar-refractivity contribution in [2.24, 2.45) is 0 Å². The number of nitrogens with zero attached hydrogens (tertiary/aromatic N) is 4. The standard InChI is InChI=1S/C18H19N5O2/c19-16-15-14(12-4-2-1-3-5-12)10-23(17(15)21-11-20-16)13-6-8-22(9-7-13)18(24)25/h1-5,10-11,13H,6-9H2,(H,24,25)(H2,19,20,21). The summed E-state index contributed by atoms with van der Waals surface area (Å²) >= 11 is 0. The van der Waals surface area contributed by atoms with Crippen LogP contribution in [0.25, 0.3) is 22.2 Å². The third-order valence-corrected chi connectivity index (χ3v) is 4.85. The maximum absolute atomic E-state index is 11.1. The summed E-state index contributed by atoms with van der Waals surface area (Å²) in [5, 5.41) is 9.99. The lowest BCUT2D eigenvalue weighted by Gasteiger charge is -2.31. The van der Waals surface area contributed by atoms with Gasteiger partial charge in [0, 0.05) is 30.9 Å². The number of carboxylic acid groups (broad SMARTS) is 1. The van der Waals surface area contributed by atoms with Crippen molar-refractivity contribution in [3.63, 3.8) is 0 Å². The summed E-state index contributed by atoms with van der Waals surface area (Å²) in [6, 6.07) is 10.2. The molecule has 1 aliphatic heterocycles. The number of piperidine rings is 1. The van der Waals surface area contributed by atoms with Crippen LogP contribution < -0.4 is 5.73 Å². The Morgan fingerprint density at radius 1 is 1.16 bits per heavy atom. The predicted molar refractivity (Wildman–Crippen MR) is 95.2 cm³/mol. The third kappa shape index (κ3) is 2.67. The maximum atomic E-state index is 11.1. The number of benzene rings is 1. The van der Waals surface area contributed by atoms with Gasteiger partial charge in [0.25, 0.3) is 0 Å². The van der Waals surface area contributed by atoms with E-state index < -0.39 is 6.09 Å². The Bertz CT molecular complexity index is 914. The van der Waals surface area contributed by atoms with Gasteiger partial charge in [0.15, 0.2) is 0 Å². The summed E-state index contributed by atoms with van der Waals surface area (Å²) in [6.07, 6.45) is 4.22. The number of carbonyl (C=O) groups is 1. The molecule has 1 amide bonds. The molecule has 0 saturated carbocycles. The molecule has 0 aliphatic carbocycles. The van der Waals surface area contributed by atoms with Crippen LogP contribution in [0.3, 0.4) is 0 Å². The van der Waals surface area contributed by atoms with Crippen molar-refractivity contribution in [1.82, 2.24) is 19.4 Å². The Balaban J connectivity index is 1.78. The van der Waals surface area contributed by atoms with Gasteiger partial charge in [0.2, 0.25) is 0 Å². The molecular formula is C18H19N5O2. The van der Waals surface area contributed by atoms with Gasteiger partial charge in [-0.1, -0.05) is 30.3 Å². The first-order valence-corrected chi connectivity index (χ1v) is 8.29. The van der Waals surface area contributed by atoms with E-state index in [1.165, 1.54) is 11.2 Å². The van der Waals surface area contributed by atoms with Crippen molar-refractivity contribution in [3.8, 4) is 11.1 Å². The maximum Gasteiger partial charge on any atom is 0.407 e. The van der Waals surface area contributed by atoms with Crippen LogP contribution in [0.4, 0.5) is 10.6 Å². The second-order valence-electron chi connectivity index (χ2n) is 6.27. The van der Waals surface area contributed by atoms with E-state index >= 15 is 0 Å². The predicted octanol–water partition coefficient (Wildman–Crippen LogP) is 3.00. The molecule has 128 valence electrons. The number of hydrogen-bond donors (Lipinski definition) is 2. The highest BCUT2D eigenvalue weighted by molar-refractivity contribution is 6.00. The fraction of sp³-hybridized carbons (Fsp3) is 0.278. The Hall–Kier alpha value is -3.09. The van der Waals surface area contributed by atoms with E-state index in [-0.39, 0.29) is 6.04 Å². The number of anilines is 1. The smallest absolute Gasteiger partial charge is 0.407 e. The number of aromatic nitrogens is 3. The Morgan fingerprint density at radius 3 is 2.56 bits per heavy atom. The molecule has 1 fully saturated rings. The van der Waals surface area contributed by atoms with Gasteiger partial charge in [-0.15, -0.1) is 0 Å². The second kappa shape index (κ2) is 6.08. The molecule has 1 saturated heterocycles. The zero-order valence-electron chi connectivity index (χ0n) is 13.7. The molecule has 0 unspecified atom stereocenters. The largest absolute Gasteiger partial charge is 0.465 e. The number of nitrogen functional groups attached to an aromatic ring is 1. The lowest BCUT2D eigenvalue weighted by molar-refractivity contribution is 0.126. The lowest BCUT2D eigenvalue weighted by atomic mass is 10.1. The highest BCUT2D eigenvalue weighted by Gasteiger charge is 2.26. The zero-order valence-corrected chi connectivity index (χ0v) is 13.7. The van der Waals surface area contributed by atoms with E-state index in [4.69, 9.17) is 10.8 Å². The number of hydrogen-bond acceptors (Lipinski definition) is 4. The van der Waals surface area contributed by atoms with Crippen LogP contribution >= 0.6 is 0 Å². The van der Waals surface area contributed by atoms with Gasteiger partial charge in [0.1, 0.15) is 17.8 Å². The van der Waals surface area contributed by atoms with Crippen LogP contribution in [-0.2, 0) is 0 Å². The van der Waals surface area contributed by atoms with Crippen LogP contribution in [0.1, 0.15) is 18.9 Å². The third-order valence-electron chi connectivity index (χ3n) is 4.85. The molecule has 0 spiro atoms. The van der Waals surface area contributed by atoms with Crippen molar-refractivity contribution in [2.75, 3.05) is 18.8 Å². The van der Waals surface area contributed by atoms with E-state index in [0.717, 1.165) is 35.0 Å². The first kappa shape index (κ1) is 15.4. The number of nitrogens with two attached hydrogens (primary N) is 1. The molecule has 7 nitrogen and oxygen atoms in total. The van der Waals surface area contributed by atoms with Crippen molar-refractivity contribution in [2.45, 2.75) is 18.9 Å². The van der Waals surface area contributed by atoms with Crippen LogP contribution in [0.2, 0.25) is 0 Å². The van der Waals surface area contributed by atoms with Gasteiger partial charge in [-0.25, -0.2) is 14.8 Å². The molecule has 1 aromatic carbocycles. The average molecular weight is 337 g/mol. The van der Waals surface area contributed by atoms with Gasteiger partial charge in [-0.3, -0.25) is 0 Å². The van der Waals surface area contributed by atoms with E-state index in [1.807, 2.05) is 30.3 Å². The van der Waals surface area contributed by atoms with E-state index in [9.17, 15) is 4.79 Å². The number of likely N-dealkylation sites (tertiary alicyclic amines) is 1. The Labute approximate surface area is 144 Å². The average Bonchev–Trinajstić information content (AvgIpc) is 3.03. The highest BCUT2D eigenvalue weighted by Crippen LogP contribution is 2.36. The summed E-state index contributed by atoms with van der Waals surface area (Å²) < 4.78 is 2.13. The fourth-order valence-electron chi connectivity index (χ4n) is 3.56. The van der Waals surface area contributed by atoms with Crippen molar-refractivity contribution >= 4 is 22.9 Å². The molecule has 1 aliphatic rings. The fourth-order valence-corrected chi connectivity index (χ4v) is 3.56. The van der Waals surface area contributed by atoms with Gasteiger partial charge in [-0.2, -0.15) is 0 Å². The van der Waals surface area contributed by atoms with Crippen LogP contribution in [0, 0.1) is 0 Å². The lowest BCUT2D eigenvalue weighted by Crippen LogP contribution is -2.38. The molecule has 4 rings (SSSR count). The highest BCUT2D eigenvalue weighted by atomic mass is 16.4. The van der Waals surface area contributed by atoms with Gasteiger partial charge in [0.05, 0.1) is 5.39 Å². The van der Waals surface area contributed by atoms with Crippen LogP contribution in [0.15, 0.2) is 42.9 Å². The topological polar surface area (TPSA) is 97.3 Å². The summed E-state index contributed by atoms with van der Waals surface area (Å²) in [6.45, 7) is 1.06. The molecule has 3 N–H and O–H groups in total. The molecule has 7 heteroatoms. The molecule has 0 radical (unpaired) electrons. The summed E-state index contributed by atoms with van der Waals surface area (Å²) in [5.41, 5.74) is 9.03. The second-order valence-corrected chi connectivity index (χ2v) is 6.27. The Morgan fingerprint density at radius 2 is 1.88 bits per heavy atom. The quantitative estimate of drug-likeness (QED) is 0.749. The first-order chi connectivity index (χ1) is 12.1. The molecule has 3 aromatic rings. The molecule has 2 aromatic heterocycles. The van der Waals surface area contributed by atoms with Crippen LogP contribution in [0.5, 0.6) is 0 Å². The molecule has 25 heavy (non-hydrogen) atoms. The van der Waals surface area contributed by atoms with Crippen molar-refractivity contribution in [1.29, 1.82) is 0 Å². The van der Waals surface area contributed by atoms with Crippen molar-refractivity contribution < 1.29 is 9.90 Å². The number of fused-ring (bicyclic) bond motifs is 1. The molecule has 0 bridgehead atoms. The SMILES string of the molecule is Nc1ncnc2c1c(-c1ccccc1)cn2C1CCN(C(=O)O)CC1. The van der Waals surface area contributed by atoms with E-state index in [1.54, 1.807) is 0 Å². The first-order valence-electron chi connectivity index (χ1n) is 8.29. The summed E-state index contributed by atoms with van der Waals surface area (Å²) in [4.78, 5) is 21.2. The number of amides is 1. The Kier molecular flexibility index (Phi) is 3.76. The monoisotopic (exact) mass is 337 g/mol. The van der Waals surface area contributed by atoms with E-state index in [0.29, 0.717) is 18.9 Å². The summed E-state index contributed by atoms with van der Waals surface area (Å²) in [7, 11) is 0. The molecule has 0 atom stereocenters. The van der Waals surface area contributed by atoms with Crippen LogP contribution in [-0.4, -0.2) is 43.7 Å². The van der Waals surface area contributed by atoms with Gasteiger partial charge < -0.3 is 20.3 Å².